The molecule has 0 bridgehead atoms. The fourth-order valence-corrected chi connectivity index (χ4v) is 18.4. The molecule has 0 unspecified atom stereocenters. The highest BCUT2D eigenvalue weighted by Gasteiger charge is 2.36. The van der Waals surface area contributed by atoms with E-state index in [1.165, 1.54) is 191 Å². The Morgan fingerprint density at radius 2 is 0.663 bits per heavy atom. The quantitative estimate of drug-likeness (QED) is 0.105. The van der Waals surface area contributed by atoms with Crippen LogP contribution in [0.15, 0.2) is 66.7 Å². The first-order valence-electron chi connectivity index (χ1n) is 37.1. The number of rotatable bonds is 20. The minimum Gasteiger partial charge on any atom is -0.494 e. The predicted octanol–water partition coefficient (Wildman–Crippen LogP) is 26.2. The molecular weight excluding hydrogens is 1070 g/mol. The molecule has 10 rings (SSSR count). The van der Waals surface area contributed by atoms with E-state index in [2.05, 4.69) is 94.8 Å². The molecule has 0 aromatic heterocycles. The zero-order valence-corrected chi connectivity index (χ0v) is 56.0. The van der Waals surface area contributed by atoms with Crippen molar-refractivity contribution in [3.05, 3.63) is 94.8 Å². The molecular formula is C80H126F4O2. The van der Waals surface area contributed by atoms with Gasteiger partial charge in [0.15, 0.2) is 11.6 Å². The summed E-state index contributed by atoms with van der Waals surface area (Å²) < 4.78 is 60.0. The van der Waals surface area contributed by atoms with Crippen molar-refractivity contribution >= 4 is 0 Å². The average molecular weight is 1200 g/mol. The van der Waals surface area contributed by atoms with Gasteiger partial charge < -0.3 is 9.47 Å². The Bertz CT molecular complexity index is 2200. The number of unbranched alkanes of at least 4 members (excludes halogenated alkanes) is 1. The zero-order valence-electron chi connectivity index (χ0n) is 56.0. The summed E-state index contributed by atoms with van der Waals surface area (Å²) in [4.78, 5) is 0. The van der Waals surface area contributed by atoms with E-state index in [0.29, 0.717) is 0 Å². The minimum absolute atomic E-state index is 0.243. The Morgan fingerprint density at radius 1 is 0.360 bits per heavy atom. The molecule has 0 aliphatic heterocycles. The van der Waals surface area contributed by atoms with Crippen LogP contribution in [-0.2, 0) is 0 Å². The zero-order chi connectivity index (χ0) is 61.1. The molecule has 2 nitrogen and oxygen atoms in total. The second-order valence-electron chi connectivity index (χ2n) is 29.5. The summed E-state index contributed by atoms with van der Waals surface area (Å²) in [6.45, 7) is 16.6. The van der Waals surface area contributed by atoms with Crippen LogP contribution < -0.4 is 9.47 Å². The summed E-state index contributed by atoms with van der Waals surface area (Å²) in [5.74, 6) is 12.3. The van der Waals surface area contributed by atoms with Gasteiger partial charge in [0.05, 0.1) is 6.61 Å². The summed E-state index contributed by atoms with van der Waals surface area (Å²) in [6, 6.07) is 22.0. The van der Waals surface area contributed by atoms with Crippen molar-refractivity contribution < 1.29 is 27.0 Å². The Balaban J connectivity index is 0.000000166. The lowest BCUT2D eigenvalue weighted by Crippen LogP contribution is -2.25. The van der Waals surface area contributed by atoms with Crippen LogP contribution in [0.1, 0.15) is 332 Å². The van der Waals surface area contributed by atoms with Gasteiger partial charge in [-0.05, 0) is 266 Å². The Morgan fingerprint density at radius 3 is 0.988 bits per heavy atom. The summed E-state index contributed by atoms with van der Waals surface area (Å²) in [6.07, 6.45) is 50.4. The molecule has 6 heteroatoms. The highest BCUT2D eigenvalue weighted by Crippen LogP contribution is 2.48. The van der Waals surface area contributed by atoms with E-state index in [0.717, 1.165) is 127 Å². The number of ether oxygens (including phenoxy) is 2. The molecule has 0 spiro atoms. The Kier molecular flexibility index (Phi) is 31.1. The molecule has 0 amide bonds. The maximum absolute atomic E-state index is 14.0. The number of hydrogen-bond acceptors (Lipinski definition) is 2. The van der Waals surface area contributed by atoms with Crippen LogP contribution in [0.25, 0.3) is 0 Å². The molecule has 0 saturated heterocycles. The molecule has 0 N–H and O–H groups in total. The van der Waals surface area contributed by atoms with Gasteiger partial charge in [-0.25, -0.2) is 4.39 Å². The van der Waals surface area contributed by atoms with E-state index in [1.54, 1.807) is 63.0 Å². The number of aryl methyl sites for hydroxylation is 1. The fourth-order valence-electron chi connectivity index (χ4n) is 18.4. The smallest absolute Gasteiger partial charge is 0.494 e. The van der Waals surface area contributed by atoms with Crippen molar-refractivity contribution in [1.29, 1.82) is 0 Å². The van der Waals surface area contributed by atoms with Gasteiger partial charge in [0, 0.05) is 0 Å². The van der Waals surface area contributed by atoms with Crippen molar-refractivity contribution in [2.24, 2.45) is 65.1 Å². The van der Waals surface area contributed by atoms with Gasteiger partial charge in [0.2, 0.25) is 0 Å². The molecule has 7 fully saturated rings. The number of benzene rings is 3. The number of alkyl halides is 3. The van der Waals surface area contributed by atoms with Crippen LogP contribution in [0.4, 0.5) is 17.6 Å². The van der Waals surface area contributed by atoms with Crippen molar-refractivity contribution in [2.75, 3.05) is 6.61 Å². The van der Waals surface area contributed by atoms with Gasteiger partial charge in [0.1, 0.15) is 5.75 Å². The van der Waals surface area contributed by atoms with Gasteiger partial charge in [-0.2, -0.15) is 0 Å². The Hall–Kier alpha value is -3.02. The van der Waals surface area contributed by atoms with Gasteiger partial charge >= 0.3 is 6.36 Å². The molecule has 0 heterocycles. The van der Waals surface area contributed by atoms with E-state index in [4.69, 9.17) is 4.74 Å². The molecule has 7 aliphatic carbocycles. The normalized spacial score (nSPS) is 30.7. The molecule has 0 radical (unpaired) electrons. The molecule has 486 valence electrons. The van der Waals surface area contributed by atoms with Crippen molar-refractivity contribution in [1.82, 2.24) is 0 Å². The van der Waals surface area contributed by atoms with E-state index < -0.39 is 17.9 Å². The van der Waals surface area contributed by atoms with Gasteiger partial charge in [0.25, 0.3) is 0 Å². The van der Waals surface area contributed by atoms with Crippen LogP contribution in [0.5, 0.6) is 11.5 Å². The fraction of sp³-hybridized carbons (Fsp3) is 0.775. The van der Waals surface area contributed by atoms with Gasteiger partial charge in [-0.15, -0.1) is 13.2 Å². The van der Waals surface area contributed by atoms with Crippen LogP contribution in [-0.4, -0.2) is 13.0 Å². The lowest BCUT2D eigenvalue weighted by molar-refractivity contribution is -0.275. The largest absolute Gasteiger partial charge is 0.573 e. The number of halogens is 4. The predicted molar refractivity (Wildman–Crippen MR) is 357 cm³/mol. The average Bonchev–Trinajstić information content (AvgIpc) is 3.02. The van der Waals surface area contributed by atoms with Crippen molar-refractivity contribution in [2.45, 2.75) is 323 Å². The van der Waals surface area contributed by atoms with Crippen molar-refractivity contribution in [3.8, 4) is 11.5 Å². The molecule has 3 aromatic rings. The highest BCUT2D eigenvalue weighted by molar-refractivity contribution is 5.32. The SMILES string of the molecule is CCCC1CCC(C2CCC(c3ccc(C)cc3)CC2)CC1.CCCC1CCC(C2CCC(c3ccc(OC(F)(F)F)c(F)c3)CC2)CC1.CCCC1CCC(c2ccc(OCC)cc2)CC1.CCCCC1CCC(C2CCC(CCC)CC2)CC1. The first-order valence-corrected chi connectivity index (χ1v) is 37.1. The second kappa shape index (κ2) is 38.0. The highest BCUT2D eigenvalue weighted by atomic mass is 19.4. The Labute approximate surface area is 525 Å². The van der Waals surface area contributed by atoms with Crippen LogP contribution in [0.2, 0.25) is 0 Å². The van der Waals surface area contributed by atoms with E-state index >= 15 is 0 Å². The van der Waals surface area contributed by atoms with Crippen LogP contribution >= 0.6 is 0 Å². The lowest BCUT2D eigenvalue weighted by Gasteiger charge is -2.38. The maximum Gasteiger partial charge on any atom is 0.573 e. The molecule has 3 aromatic carbocycles. The summed E-state index contributed by atoms with van der Waals surface area (Å²) in [5, 5.41) is 0. The lowest BCUT2D eigenvalue weighted by atomic mass is 9.68. The van der Waals surface area contributed by atoms with Crippen molar-refractivity contribution in [3.63, 3.8) is 0 Å². The topological polar surface area (TPSA) is 18.5 Å². The summed E-state index contributed by atoms with van der Waals surface area (Å²) >= 11 is 0. The third kappa shape index (κ3) is 23.7. The van der Waals surface area contributed by atoms with E-state index in [-0.39, 0.29) is 5.92 Å². The second-order valence-corrected chi connectivity index (χ2v) is 29.5. The maximum atomic E-state index is 14.0. The van der Waals surface area contributed by atoms with Gasteiger partial charge in [-0.3, -0.25) is 0 Å². The standard InChI is InChI=1S/C22H30F4O.C22H34.C19H36.C17H26O/c1-2-3-15-4-6-16(7-5-15)17-8-10-18(11-9-17)19-12-13-21(20(23)14-19)27-22(24,25)26;1-3-4-18-7-11-20(12-8-18)22-15-13-21(14-16-22)19-9-5-17(2)6-10-19;1-3-5-7-17-10-14-19(15-11-17)18-12-8-16(6-4-2)9-13-18;1-3-5-14-6-8-15(9-7-14)16-10-12-17(13-11-16)18-4-2/h12-18H,2-11H2,1H3;5-6,9-10,18,20-22H,3-4,7-8,11-16H2,1-2H3;16-19H,3-15H2,1-2H3;10-15H,3-9H2,1-2H3. The number of hydrogen-bond donors (Lipinski definition) is 0. The van der Waals surface area contributed by atoms with Gasteiger partial charge in [-0.1, -0.05) is 205 Å². The van der Waals surface area contributed by atoms with Crippen LogP contribution in [0.3, 0.4) is 0 Å². The van der Waals surface area contributed by atoms with E-state index in [9.17, 15) is 17.6 Å². The third-order valence-corrected chi connectivity index (χ3v) is 23.6. The minimum atomic E-state index is -4.86. The summed E-state index contributed by atoms with van der Waals surface area (Å²) in [7, 11) is 0. The molecule has 7 saturated carbocycles. The first kappa shape index (κ1) is 70.4. The third-order valence-electron chi connectivity index (χ3n) is 23.6. The van der Waals surface area contributed by atoms with Crippen LogP contribution in [0, 0.1) is 77.8 Å². The first-order chi connectivity index (χ1) is 41.8. The molecule has 0 atom stereocenters. The molecule has 7 aliphatic rings. The summed E-state index contributed by atoms with van der Waals surface area (Å²) in [5.41, 5.74) is 5.29. The van der Waals surface area contributed by atoms with E-state index in [1.807, 2.05) is 6.92 Å². The molecule has 86 heavy (non-hydrogen) atoms. The monoisotopic (exact) mass is 1190 g/mol.